The van der Waals surface area contributed by atoms with E-state index in [-0.39, 0.29) is 6.42 Å². The van der Waals surface area contributed by atoms with Crippen molar-refractivity contribution in [2.45, 2.75) is 97.0 Å². The van der Waals surface area contributed by atoms with Crippen molar-refractivity contribution in [1.82, 2.24) is 0 Å². The fourth-order valence-electron chi connectivity index (χ4n) is 3.18. The molecule has 0 aliphatic rings. The van der Waals surface area contributed by atoms with Gasteiger partial charge in [-0.05, 0) is 24.0 Å². The molecule has 1 aromatic rings. The zero-order chi connectivity index (χ0) is 18.9. The number of carbonyl (C=O) groups is 1. The van der Waals surface area contributed by atoms with Crippen molar-refractivity contribution in [3.63, 3.8) is 0 Å². The Labute approximate surface area is 160 Å². The van der Waals surface area contributed by atoms with Gasteiger partial charge in [0.05, 0.1) is 6.61 Å². The summed E-state index contributed by atoms with van der Waals surface area (Å²) < 4.78 is 5.77. The van der Waals surface area contributed by atoms with Crippen molar-refractivity contribution in [2.75, 3.05) is 6.61 Å². The molecular weight excluding hydrogens is 324 g/mol. The Morgan fingerprint density at radius 1 is 0.885 bits per heavy atom. The molecule has 0 aliphatic carbocycles. The summed E-state index contributed by atoms with van der Waals surface area (Å²) in [6, 6.07) is 8.07. The highest BCUT2D eigenvalue weighted by atomic mass is 16.5. The van der Waals surface area contributed by atoms with E-state index >= 15 is 0 Å². The lowest BCUT2D eigenvalue weighted by Crippen LogP contribution is -1.99. The van der Waals surface area contributed by atoms with Gasteiger partial charge in [0.1, 0.15) is 0 Å². The molecule has 0 bridgehead atoms. The number of aryl methyl sites for hydroxylation is 1. The van der Waals surface area contributed by atoms with Gasteiger partial charge < -0.3 is 9.84 Å². The van der Waals surface area contributed by atoms with Crippen molar-refractivity contribution < 1.29 is 14.6 Å². The molecule has 0 unspecified atom stereocenters. The predicted molar refractivity (Wildman–Crippen MR) is 109 cm³/mol. The molecule has 0 aliphatic heterocycles. The van der Waals surface area contributed by atoms with E-state index < -0.39 is 5.97 Å². The second-order valence-corrected chi connectivity index (χ2v) is 7.30. The fourth-order valence-corrected chi connectivity index (χ4v) is 3.18. The maximum absolute atomic E-state index is 10.6. The van der Waals surface area contributed by atoms with Crippen LogP contribution in [0.1, 0.15) is 95.1 Å². The van der Waals surface area contributed by atoms with Crippen molar-refractivity contribution >= 4 is 5.97 Å². The van der Waals surface area contributed by atoms with Crippen LogP contribution in [0.2, 0.25) is 0 Å². The summed E-state index contributed by atoms with van der Waals surface area (Å²) in [7, 11) is 0. The second-order valence-electron chi connectivity index (χ2n) is 7.30. The van der Waals surface area contributed by atoms with Gasteiger partial charge in [0.25, 0.3) is 0 Å². The molecular formula is C23H38O3. The largest absolute Gasteiger partial charge is 0.481 e. The molecule has 0 spiro atoms. The third-order valence-electron chi connectivity index (χ3n) is 4.78. The number of hydrogen-bond donors (Lipinski definition) is 1. The number of carboxylic acids is 1. The summed E-state index contributed by atoms with van der Waals surface area (Å²) in [4.78, 5) is 10.6. The van der Waals surface area contributed by atoms with E-state index in [2.05, 4.69) is 13.0 Å². The smallest absolute Gasteiger partial charge is 0.303 e. The maximum Gasteiger partial charge on any atom is 0.303 e. The highest BCUT2D eigenvalue weighted by molar-refractivity contribution is 5.67. The molecule has 1 N–H and O–H groups in total. The predicted octanol–water partition coefficient (Wildman–Crippen LogP) is 6.53. The lowest BCUT2D eigenvalue weighted by atomic mass is 10.1. The first-order valence-electron chi connectivity index (χ1n) is 10.6. The SMILES string of the molecule is CCCCCCCCCCCCCOCc1cccc(CCC(=O)O)c1. The molecule has 1 aromatic carbocycles. The van der Waals surface area contributed by atoms with Crippen LogP contribution in [0.15, 0.2) is 24.3 Å². The van der Waals surface area contributed by atoms with Crippen molar-refractivity contribution in [3.05, 3.63) is 35.4 Å². The minimum atomic E-state index is -0.747. The van der Waals surface area contributed by atoms with Gasteiger partial charge in [-0.2, -0.15) is 0 Å². The van der Waals surface area contributed by atoms with Crippen molar-refractivity contribution in [3.8, 4) is 0 Å². The lowest BCUT2D eigenvalue weighted by molar-refractivity contribution is -0.136. The van der Waals surface area contributed by atoms with Crippen LogP contribution in [0.4, 0.5) is 0 Å². The highest BCUT2D eigenvalue weighted by Gasteiger charge is 2.01. The summed E-state index contributed by atoms with van der Waals surface area (Å²) in [5.41, 5.74) is 2.21. The summed E-state index contributed by atoms with van der Waals surface area (Å²) in [5.74, 6) is -0.747. The lowest BCUT2D eigenvalue weighted by Gasteiger charge is -2.07. The number of ether oxygens (including phenoxy) is 1. The van der Waals surface area contributed by atoms with Crippen molar-refractivity contribution in [2.24, 2.45) is 0 Å². The van der Waals surface area contributed by atoms with Crippen LogP contribution >= 0.6 is 0 Å². The molecule has 0 saturated heterocycles. The Bertz CT molecular complexity index is 470. The molecule has 0 fully saturated rings. The molecule has 0 atom stereocenters. The summed E-state index contributed by atoms with van der Waals surface area (Å²) in [6.07, 6.45) is 15.6. The number of carboxylic acid groups (broad SMARTS) is 1. The van der Waals surface area contributed by atoms with E-state index in [0.717, 1.165) is 24.2 Å². The molecule has 0 saturated carbocycles. The minimum Gasteiger partial charge on any atom is -0.481 e. The van der Waals surface area contributed by atoms with Gasteiger partial charge in [-0.25, -0.2) is 0 Å². The average Bonchev–Trinajstić information content (AvgIpc) is 2.64. The first-order valence-corrected chi connectivity index (χ1v) is 10.6. The maximum atomic E-state index is 10.6. The molecule has 0 aromatic heterocycles. The van der Waals surface area contributed by atoms with Gasteiger partial charge in [-0.1, -0.05) is 95.4 Å². The van der Waals surface area contributed by atoms with E-state index in [0.29, 0.717) is 13.0 Å². The Hall–Kier alpha value is -1.35. The van der Waals surface area contributed by atoms with Crippen LogP contribution in [-0.4, -0.2) is 17.7 Å². The average molecular weight is 363 g/mol. The number of rotatable bonds is 17. The Morgan fingerprint density at radius 3 is 2.08 bits per heavy atom. The monoisotopic (exact) mass is 362 g/mol. The van der Waals surface area contributed by atoms with Gasteiger partial charge in [-0.3, -0.25) is 4.79 Å². The van der Waals surface area contributed by atoms with E-state index in [1.807, 2.05) is 18.2 Å². The molecule has 0 radical (unpaired) electrons. The molecule has 26 heavy (non-hydrogen) atoms. The molecule has 3 nitrogen and oxygen atoms in total. The van der Waals surface area contributed by atoms with Crippen LogP contribution in [-0.2, 0) is 22.6 Å². The van der Waals surface area contributed by atoms with Crippen LogP contribution < -0.4 is 0 Å². The van der Waals surface area contributed by atoms with E-state index in [9.17, 15) is 4.79 Å². The zero-order valence-electron chi connectivity index (χ0n) is 16.7. The second kappa shape index (κ2) is 15.9. The Balaban J connectivity index is 1.94. The molecule has 1 rings (SSSR count). The van der Waals surface area contributed by atoms with E-state index in [4.69, 9.17) is 9.84 Å². The van der Waals surface area contributed by atoms with Gasteiger partial charge in [0, 0.05) is 13.0 Å². The van der Waals surface area contributed by atoms with E-state index in [1.165, 1.54) is 64.2 Å². The minimum absolute atomic E-state index is 0.184. The first kappa shape index (κ1) is 22.7. The topological polar surface area (TPSA) is 46.5 Å². The van der Waals surface area contributed by atoms with Crippen molar-refractivity contribution in [1.29, 1.82) is 0 Å². The number of benzene rings is 1. The fraction of sp³-hybridized carbons (Fsp3) is 0.696. The molecule has 3 heteroatoms. The summed E-state index contributed by atoms with van der Waals surface area (Å²) in [5, 5.41) is 8.76. The van der Waals surface area contributed by atoms with Gasteiger partial charge in [0.2, 0.25) is 0 Å². The van der Waals surface area contributed by atoms with Crippen LogP contribution in [0.25, 0.3) is 0 Å². The normalized spacial score (nSPS) is 11.0. The van der Waals surface area contributed by atoms with Crippen LogP contribution in [0.5, 0.6) is 0 Å². The Morgan fingerprint density at radius 2 is 1.46 bits per heavy atom. The molecule has 0 amide bonds. The third kappa shape index (κ3) is 12.9. The number of unbranched alkanes of at least 4 members (excludes halogenated alkanes) is 10. The third-order valence-corrected chi connectivity index (χ3v) is 4.78. The van der Waals surface area contributed by atoms with Gasteiger partial charge in [0.15, 0.2) is 0 Å². The van der Waals surface area contributed by atoms with Crippen LogP contribution in [0.3, 0.4) is 0 Å². The standard InChI is InChI=1S/C23H38O3/c1-2-3-4-5-6-7-8-9-10-11-12-18-26-20-22-15-13-14-21(19-22)16-17-23(24)25/h13-15,19H,2-12,16-18,20H2,1H3,(H,24,25). The number of aliphatic carboxylic acids is 1. The molecule has 148 valence electrons. The summed E-state index contributed by atoms with van der Waals surface area (Å²) >= 11 is 0. The molecule has 0 heterocycles. The highest BCUT2D eigenvalue weighted by Crippen LogP contribution is 2.12. The quantitative estimate of drug-likeness (QED) is 0.320. The number of hydrogen-bond acceptors (Lipinski definition) is 2. The van der Waals surface area contributed by atoms with Gasteiger partial charge >= 0.3 is 5.97 Å². The summed E-state index contributed by atoms with van der Waals surface area (Å²) in [6.45, 7) is 3.71. The Kier molecular flexibility index (Phi) is 13.8. The van der Waals surface area contributed by atoms with Gasteiger partial charge in [-0.15, -0.1) is 0 Å². The zero-order valence-corrected chi connectivity index (χ0v) is 16.7. The van der Waals surface area contributed by atoms with E-state index in [1.54, 1.807) is 0 Å². The first-order chi connectivity index (χ1) is 12.7. The van der Waals surface area contributed by atoms with Crippen LogP contribution in [0, 0.1) is 0 Å².